The summed E-state index contributed by atoms with van der Waals surface area (Å²) < 4.78 is 0. The number of carbonyl (C=O) groups is 2. The fraction of sp³-hybridized carbons (Fsp3) is 0.222. The number of aryl methyl sites for hydroxylation is 1. The summed E-state index contributed by atoms with van der Waals surface area (Å²) in [6.07, 6.45) is 2.64. The van der Waals surface area contributed by atoms with Crippen molar-refractivity contribution in [1.29, 1.82) is 0 Å². The number of Topliss-reactive ketones (excluding diaryl/α,β-unsaturated/α-hetero) is 1. The molecule has 5 heteroatoms. The minimum atomic E-state index is -0.523. The second-order valence-electron chi connectivity index (χ2n) is 2.96. The first kappa shape index (κ1) is 11.5. The molecule has 0 fully saturated rings. The number of pyridine rings is 1. The van der Waals surface area contributed by atoms with Gasteiger partial charge in [-0.2, -0.15) is 6.07 Å². The van der Waals surface area contributed by atoms with Crippen molar-refractivity contribution >= 4 is 17.5 Å². The Bertz CT molecular complexity index is 417. The van der Waals surface area contributed by atoms with Gasteiger partial charge in [0.15, 0.2) is 0 Å². The van der Waals surface area contributed by atoms with E-state index in [1.807, 2.05) is 0 Å². The van der Waals surface area contributed by atoms with E-state index >= 15 is 0 Å². The molecule has 0 N–H and O–H groups in total. The fourth-order valence-corrected chi connectivity index (χ4v) is 1.37. The van der Waals surface area contributed by atoms with Crippen LogP contribution in [0.3, 0.4) is 0 Å². The second kappa shape index (κ2) is 3.87. The third kappa shape index (κ3) is 1.42. The third-order valence-electron chi connectivity index (χ3n) is 2.11. The van der Waals surface area contributed by atoms with Crippen molar-refractivity contribution in [2.24, 2.45) is 0 Å². The van der Waals surface area contributed by atoms with Crippen molar-refractivity contribution in [3.8, 4) is 0 Å². The Morgan fingerprint density at radius 1 is 1.43 bits per heavy atom. The molecule has 4 nitrogen and oxygen atoms in total. The summed E-state index contributed by atoms with van der Waals surface area (Å²) in [6.45, 7) is 1.77. The molecule has 1 aromatic rings. The van der Waals surface area contributed by atoms with Crippen LogP contribution in [0.25, 0.3) is 0 Å². The molecule has 1 amide bonds. The predicted molar refractivity (Wildman–Crippen MR) is 45.6 cm³/mol. The number of aromatic nitrogens is 1. The maximum Gasteiger partial charge on any atom is 0.287 e. The largest absolute Gasteiger partial charge is 0.370 e. The van der Waals surface area contributed by atoms with E-state index in [4.69, 9.17) is 0 Å². The van der Waals surface area contributed by atoms with Gasteiger partial charge < -0.3 is 9.88 Å². The molecule has 2 heterocycles. The standard InChI is InChI=1S/C9H7N2O2.Y/c1-5-3-4-10-8-6(5)7(12)9(13)11(8)2;/h3H,1-2H3;/q-1;. The monoisotopic (exact) mass is 264 g/mol. The molecule has 0 saturated carbocycles. The zero-order chi connectivity index (χ0) is 9.59. The van der Waals surface area contributed by atoms with Crippen LogP contribution in [-0.4, -0.2) is 23.7 Å². The maximum atomic E-state index is 11.4. The zero-order valence-corrected chi connectivity index (χ0v) is 10.7. The summed E-state index contributed by atoms with van der Waals surface area (Å²) in [4.78, 5) is 27.7. The van der Waals surface area contributed by atoms with Crippen LogP contribution in [-0.2, 0) is 37.5 Å². The van der Waals surface area contributed by atoms with Gasteiger partial charge in [0.25, 0.3) is 5.91 Å². The van der Waals surface area contributed by atoms with E-state index in [0.29, 0.717) is 11.4 Å². The van der Waals surface area contributed by atoms with Gasteiger partial charge in [-0.3, -0.25) is 9.59 Å². The van der Waals surface area contributed by atoms with Crippen molar-refractivity contribution in [2.75, 3.05) is 11.9 Å². The van der Waals surface area contributed by atoms with Crippen LogP contribution in [0.2, 0.25) is 0 Å². The smallest absolute Gasteiger partial charge is 0.287 e. The number of nitrogens with zero attached hydrogens (tertiary/aromatic N) is 2. The van der Waals surface area contributed by atoms with Gasteiger partial charge in [-0.1, -0.05) is 13.1 Å². The van der Waals surface area contributed by atoms with E-state index in [1.54, 1.807) is 13.0 Å². The molecule has 0 bridgehead atoms. The maximum absolute atomic E-state index is 11.4. The van der Waals surface area contributed by atoms with E-state index in [9.17, 15) is 9.59 Å². The summed E-state index contributed by atoms with van der Waals surface area (Å²) >= 11 is 0. The predicted octanol–water partition coefficient (Wildman–Crippen LogP) is 0.347. The first-order valence-electron chi connectivity index (χ1n) is 3.83. The average molecular weight is 264 g/mol. The van der Waals surface area contributed by atoms with Crippen molar-refractivity contribution < 1.29 is 42.3 Å². The van der Waals surface area contributed by atoms with Crippen molar-refractivity contribution in [2.45, 2.75) is 6.92 Å². The number of anilines is 1. The van der Waals surface area contributed by atoms with Crippen LogP contribution in [0.4, 0.5) is 5.82 Å². The quantitative estimate of drug-likeness (QED) is 0.501. The summed E-state index contributed by atoms with van der Waals surface area (Å²) in [5.41, 5.74) is 1.15. The first-order chi connectivity index (χ1) is 6.13. The first-order valence-corrected chi connectivity index (χ1v) is 3.83. The van der Waals surface area contributed by atoms with Crippen LogP contribution < -0.4 is 4.90 Å². The molecule has 1 aliphatic heterocycles. The Labute approximate surface area is 107 Å². The molecular formula is C9H7N2O2Y-. The Hall–Kier alpha value is -0.606. The number of fused-ring (bicyclic) bond motifs is 1. The third-order valence-corrected chi connectivity index (χ3v) is 2.11. The van der Waals surface area contributed by atoms with E-state index < -0.39 is 11.7 Å². The second-order valence-corrected chi connectivity index (χ2v) is 2.96. The van der Waals surface area contributed by atoms with E-state index in [1.165, 1.54) is 11.9 Å². The Morgan fingerprint density at radius 3 is 2.64 bits per heavy atom. The minimum Gasteiger partial charge on any atom is -0.370 e. The molecule has 1 aliphatic rings. The van der Waals surface area contributed by atoms with Gasteiger partial charge >= 0.3 is 0 Å². The molecule has 0 saturated heterocycles. The van der Waals surface area contributed by atoms with Gasteiger partial charge in [-0.05, 0) is 5.56 Å². The van der Waals surface area contributed by atoms with Gasteiger partial charge in [0.05, 0.1) is 0 Å². The van der Waals surface area contributed by atoms with Crippen molar-refractivity contribution in [3.63, 3.8) is 0 Å². The minimum absolute atomic E-state index is 0. The normalized spacial score (nSPS) is 14.0. The summed E-state index contributed by atoms with van der Waals surface area (Å²) in [5.74, 6) is -0.586. The van der Waals surface area contributed by atoms with Gasteiger partial charge in [0, 0.05) is 45.6 Å². The molecule has 1 aromatic heterocycles. The number of likely N-dealkylation sites (N-methyl/N-ethyl adjacent to an activating group) is 1. The van der Waals surface area contributed by atoms with Crippen molar-refractivity contribution in [3.05, 3.63) is 23.4 Å². The van der Waals surface area contributed by atoms with Gasteiger partial charge in [0.1, 0.15) is 0 Å². The zero-order valence-electron chi connectivity index (χ0n) is 7.87. The molecule has 0 aromatic carbocycles. The molecule has 0 atom stereocenters. The van der Waals surface area contributed by atoms with E-state index in [-0.39, 0.29) is 32.7 Å². The van der Waals surface area contributed by atoms with Crippen LogP contribution in [0, 0.1) is 13.1 Å². The van der Waals surface area contributed by atoms with Crippen LogP contribution in [0.5, 0.6) is 0 Å². The average Bonchev–Trinajstić information content (AvgIpc) is 2.33. The van der Waals surface area contributed by atoms with Gasteiger partial charge in [-0.15, -0.1) is 5.56 Å². The van der Waals surface area contributed by atoms with Crippen molar-refractivity contribution in [1.82, 2.24) is 4.98 Å². The molecular weight excluding hydrogens is 257 g/mol. The van der Waals surface area contributed by atoms with E-state index in [2.05, 4.69) is 11.2 Å². The molecule has 0 unspecified atom stereocenters. The van der Waals surface area contributed by atoms with E-state index in [0.717, 1.165) is 5.56 Å². The SMILES string of the molecule is Cc1c[c-]nc2c1C(=O)C(=O)N2C.[Y]. The van der Waals surface area contributed by atoms with Crippen LogP contribution in [0.15, 0.2) is 6.07 Å². The number of hydrogen-bond acceptors (Lipinski definition) is 3. The number of hydrogen-bond donors (Lipinski definition) is 0. The molecule has 1 radical (unpaired) electrons. The number of carbonyl (C=O) groups excluding carboxylic acids is 2. The summed E-state index contributed by atoms with van der Waals surface area (Å²) in [7, 11) is 1.53. The fourth-order valence-electron chi connectivity index (χ4n) is 1.37. The summed E-state index contributed by atoms with van der Waals surface area (Å²) in [6, 6.07) is 1.60. The molecule has 0 spiro atoms. The summed E-state index contributed by atoms with van der Waals surface area (Å²) in [5, 5.41) is 0. The molecule has 14 heavy (non-hydrogen) atoms. The number of amides is 1. The van der Waals surface area contributed by atoms with Gasteiger partial charge in [0.2, 0.25) is 5.78 Å². The molecule has 69 valence electrons. The molecule has 2 rings (SSSR count). The van der Waals surface area contributed by atoms with Crippen LogP contribution >= 0.6 is 0 Å². The Morgan fingerprint density at radius 2 is 2.07 bits per heavy atom. The number of rotatable bonds is 0. The Balaban J connectivity index is 0.000000980. The number of ketones is 1. The van der Waals surface area contributed by atoms with Gasteiger partial charge in [-0.25, -0.2) is 0 Å². The Kier molecular flexibility index (Phi) is 3.17. The topological polar surface area (TPSA) is 50.3 Å². The molecule has 0 aliphatic carbocycles. The van der Waals surface area contributed by atoms with Crippen LogP contribution in [0.1, 0.15) is 15.9 Å².